The molecule has 0 spiro atoms. The fourth-order valence-electron chi connectivity index (χ4n) is 2.95. The zero-order valence-electron chi connectivity index (χ0n) is 12.7. The molecule has 3 rings (SSSR count). The summed E-state index contributed by atoms with van der Waals surface area (Å²) in [5, 5.41) is 5.64. The summed E-state index contributed by atoms with van der Waals surface area (Å²) in [7, 11) is 2.08. The van der Waals surface area contributed by atoms with Gasteiger partial charge < -0.3 is 5.32 Å². The number of hydrogen-bond acceptors (Lipinski definition) is 4. The van der Waals surface area contributed by atoms with Crippen LogP contribution in [0.15, 0.2) is 24.3 Å². The Hall–Kier alpha value is -0.580. The molecule has 1 aliphatic rings. The summed E-state index contributed by atoms with van der Waals surface area (Å²) in [4.78, 5) is 4.76. The highest BCUT2D eigenvalue weighted by Gasteiger charge is 2.17. The first-order valence-electron chi connectivity index (χ1n) is 7.98. The Morgan fingerprint density at radius 1 is 1.29 bits per heavy atom. The Morgan fingerprint density at radius 3 is 2.86 bits per heavy atom. The van der Waals surface area contributed by atoms with E-state index in [1.807, 2.05) is 11.3 Å². The van der Waals surface area contributed by atoms with Gasteiger partial charge in [-0.05, 0) is 32.0 Å². The van der Waals surface area contributed by atoms with E-state index >= 15 is 0 Å². The number of nitrogens with one attached hydrogen (secondary N) is 1. The maximum Gasteiger partial charge on any atom is 0.0954 e. The number of aromatic nitrogens is 1. The van der Waals surface area contributed by atoms with Crippen LogP contribution in [0.1, 0.15) is 37.1 Å². The summed E-state index contributed by atoms with van der Waals surface area (Å²) in [5.41, 5.74) is 1.15. The van der Waals surface area contributed by atoms with Crippen molar-refractivity contribution in [1.29, 1.82) is 0 Å². The predicted molar refractivity (Wildman–Crippen MR) is 95.5 cm³/mol. The van der Waals surface area contributed by atoms with E-state index in [2.05, 4.69) is 48.4 Å². The lowest BCUT2D eigenvalue weighted by atomic mass is 10.0. The molecule has 1 saturated carbocycles. The molecule has 1 aliphatic carbocycles. The van der Waals surface area contributed by atoms with Gasteiger partial charge in [0.05, 0.1) is 15.2 Å². The van der Waals surface area contributed by atoms with E-state index in [1.165, 1.54) is 47.6 Å². The maximum absolute atomic E-state index is 4.76. The first-order valence-corrected chi connectivity index (χ1v) is 9.85. The van der Waals surface area contributed by atoms with E-state index in [1.54, 1.807) is 0 Å². The second-order valence-corrected chi connectivity index (χ2v) is 8.31. The van der Waals surface area contributed by atoms with Gasteiger partial charge in [0.15, 0.2) is 0 Å². The van der Waals surface area contributed by atoms with Crippen LogP contribution < -0.4 is 5.32 Å². The summed E-state index contributed by atoms with van der Waals surface area (Å²) < 4.78 is 1.31. The molecule has 1 aromatic carbocycles. The van der Waals surface area contributed by atoms with Gasteiger partial charge in [-0.2, -0.15) is 11.8 Å². The number of para-hydroxylation sites is 1. The van der Waals surface area contributed by atoms with Gasteiger partial charge in [-0.3, -0.25) is 0 Å². The summed E-state index contributed by atoms with van der Waals surface area (Å²) in [6.45, 7) is 0. The maximum atomic E-state index is 4.76. The van der Waals surface area contributed by atoms with Crippen molar-refractivity contribution >= 4 is 33.3 Å². The van der Waals surface area contributed by atoms with E-state index in [9.17, 15) is 0 Å². The molecule has 2 nitrogen and oxygen atoms in total. The van der Waals surface area contributed by atoms with E-state index in [-0.39, 0.29) is 0 Å². The quantitative estimate of drug-likeness (QED) is 0.848. The van der Waals surface area contributed by atoms with Gasteiger partial charge >= 0.3 is 0 Å². The molecule has 21 heavy (non-hydrogen) atoms. The highest BCUT2D eigenvalue weighted by molar-refractivity contribution is 7.99. The van der Waals surface area contributed by atoms with Gasteiger partial charge in [0, 0.05) is 23.5 Å². The van der Waals surface area contributed by atoms with Crippen molar-refractivity contribution in [3.63, 3.8) is 0 Å². The van der Waals surface area contributed by atoms with Gasteiger partial charge in [0.1, 0.15) is 0 Å². The molecule has 1 N–H and O–H groups in total. The van der Waals surface area contributed by atoms with E-state index in [0.717, 1.165) is 17.2 Å². The number of nitrogens with zero attached hydrogens (tertiary/aromatic N) is 1. The second kappa shape index (κ2) is 7.61. The van der Waals surface area contributed by atoms with Crippen LogP contribution in [0.5, 0.6) is 0 Å². The minimum absolute atomic E-state index is 0.539. The molecule has 4 heteroatoms. The van der Waals surface area contributed by atoms with Crippen LogP contribution in [0.2, 0.25) is 0 Å². The molecule has 1 unspecified atom stereocenters. The number of thiazole rings is 1. The normalized spacial score (nSPS) is 18.1. The largest absolute Gasteiger partial charge is 0.316 e. The third-order valence-electron chi connectivity index (χ3n) is 4.25. The third kappa shape index (κ3) is 4.21. The number of thioether (sulfide) groups is 1. The molecule has 1 fully saturated rings. The molecule has 0 amide bonds. The van der Waals surface area contributed by atoms with Crippen LogP contribution in [0.3, 0.4) is 0 Å². The van der Waals surface area contributed by atoms with Gasteiger partial charge in [-0.1, -0.05) is 31.4 Å². The van der Waals surface area contributed by atoms with Gasteiger partial charge in [0.2, 0.25) is 0 Å². The molecule has 0 saturated heterocycles. The average molecular weight is 321 g/mol. The lowest BCUT2D eigenvalue weighted by Crippen LogP contribution is -2.31. The second-order valence-electron chi connectivity index (χ2n) is 5.86. The average Bonchev–Trinajstić information content (AvgIpc) is 2.94. The summed E-state index contributed by atoms with van der Waals surface area (Å²) in [6, 6.07) is 8.99. The van der Waals surface area contributed by atoms with Gasteiger partial charge in [0.25, 0.3) is 0 Å². The molecule has 1 aromatic heterocycles. The molecular weight excluding hydrogens is 296 g/mol. The van der Waals surface area contributed by atoms with E-state index in [0.29, 0.717) is 6.04 Å². The molecule has 1 atom stereocenters. The van der Waals surface area contributed by atoms with E-state index in [4.69, 9.17) is 4.98 Å². The molecule has 0 bridgehead atoms. The molecule has 0 radical (unpaired) electrons. The van der Waals surface area contributed by atoms with Crippen LogP contribution in [-0.2, 0) is 6.42 Å². The zero-order valence-corrected chi connectivity index (χ0v) is 14.3. The summed E-state index contributed by atoms with van der Waals surface area (Å²) >= 11 is 4.01. The standard InChI is InChI=1S/C17H24N2S2/c1-18-13(12-20-14-7-3-2-4-8-14)11-17-19-15-9-5-6-10-16(15)21-17/h5-6,9-10,13-14,18H,2-4,7-8,11-12H2,1H3. The molecule has 0 aliphatic heterocycles. The SMILES string of the molecule is CNC(CSC1CCCCC1)Cc1nc2ccccc2s1. The smallest absolute Gasteiger partial charge is 0.0954 e. The number of rotatable bonds is 6. The van der Waals surface area contributed by atoms with Crippen LogP contribution in [-0.4, -0.2) is 29.1 Å². The van der Waals surface area contributed by atoms with Crippen molar-refractivity contribution in [3.05, 3.63) is 29.3 Å². The molecule has 1 heterocycles. The Morgan fingerprint density at radius 2 is 2.10 bits per heavy atom. The highest BCUT2D eigenvalue weighted by atomic mass is 32.2. The molecule has 114 valence electrons. The molecule has 2 aromatic rings. The van der Waals surface area contributed by atoms with Crippen LogP contribution in [0, 0.1) is 0 Å². The zero-order chi connectivity index (χ0) is 14.5. The molecular formula is C17H24N2S2. The summed E-state index contributed by atoms with van der Waals surface area (Å²) in [5.74, 6) is 1.21. The minimum atomic E-state index is 0.539. The lowest BCUT2D eigenvalue weighted by Gasteiger charge is -2.23. The van der Waals surface area contributed by atoms with Crippen molar-refractivity contribution in [2.75, 3.05) is 12.8 Å². The first kappa shape index (κ1) is 15.3. The number of likely N-dealkylation sites (N-methyl/N-ethyl adjacent to an activating group) is 1. The third-order valence-corrected chi connectivity index (χ3v) is 6.85. The topological polar surface area (TPSA) is 24.9 Å². The number of fused-ring (bicyclic) bond motifs is 1. The van der Waals surface area contributed by atoms with Crippen molar-refractivity contribution in [3.8, 4) is 0 Å². The van der Waals surface area contributed by atoms with Crippen molar-refractivity contribution in [2.45, 2.75) is 49.8 Å². The van der Waals surface area contributed by atoms with Crippen LogP contribution in [0.25, 0.3) is 10.2 Å². The minimum Gasteiger partial charge on any atom is -0.316 e. The van der Waals surface area contributed by atoms with E-state index < -0.39 is 0 Å². The van der Waals surface area contributed by atoms with Crippen molar-refractivity contribution in [1.82, 2.24) is 10.3 Å². The van der Waals surface area contributed by atoms with Gasteiger partial charge in [-0.15, -0.1) is 11.3 Å². The number of benzene rings is 1. The predicted octanol–water partition coefficient (Wildman–Crippen LogP) is 4.49. The fraction of sp³-hybridized carbons (Fsp3) is 0.588. The Labute approximate surface area is 135 Å². The lowest BCUT2D eigenvalue weighted by molar-refractivity contribution is 0.514. The van der Waals surface area contributed by atoms with Gasteiger partial charge in [-0.25, -0.2) is 4.98 Å². The number of hydrogen-bond donors (Lipinski definition) is 1. The Kier molecular flexibility index (Phi) is 5.55. The first-order chi connectivity index (χ1) is 10.3. The summed E-state index contributed by atoms with van der Waals surface area (Å²) in [6.07, 6.45) is 8.19. The Balaban J connectivity index is 1.55. The van der Waals surface area contributed by atoms with Crippen LogP contribution >= 0.6 is 23.1 Å². The fourth-order valence-corrected chi connectivity index (χ4v) is 5.45. The Bertz CT molecular complexity index is 528. The highest BCUT2D eigenvalue weighted by Crippen LogP contribution is 2.29. The van der Waals surface area contributed by atoms with Crippen molar-refractivity contribution < 1.29 is 0 Å². The van der Waals surface area contributed by atoms with Crippen molar-refractivity contribution in [2.24, 2.45) is 0 Å². The monoisotopic (exact) mass is 320 g/mol. The van der Waals surface area contributed by atoms with Crippen LogP contribution in [0.4, 0.5) is 0 Å².